The molecule has 2 aliphatic rings. The fourth-order valence-electron chi connectivity index (χ4n) is 5.55. The van der Waals surface area contributed by atoms with Gasteiger partial charge >= 0.3 is 6.18 Å². The van der Waals surface area contributed by atoms with Gasteiger partial charge in [0, 0.05) is 39.1 Å². The summed E-state index contributed by atoms with van der Waals surface area (Å²) in [7, 11) is 1.61. The number of halogens is 3. The lowest BCUT2D eigenvalue weighted by Crippen LogP contribution is -2.54. The van der Waals surface area contributed by atoms with Crippen molar-refractivity contribution in [2.45, 2.75) is 50.3 Å². The quantitative estimate of drug-likeness (QED) is 0.579. The fraction of sp³-hybridized carbons (Fsp3) is 0.500. The molecule has 2 aromatic rings. The molecular weight excluding hydrogens is 485 g/mol. The standard InChI is InChI=1S/C28H33F3N2O4/c1-19(36-2)18-37-23-11-7-6-10-21(23)22-17-32-24(34)16-27(22)12-14-33(15-13-27)26(35)25(28(29,30)31)20-8-4-3-5-9-20/h3-11,19,22,25H,12-18H2,1-2H3,(H,32,34)/t19-,22?,25-/m0/s1. The van der Waals surface area contributed by atoms with Gasteiger partial charge in [-0.1, -0.05) is 48.5 Å². The molecule has 0 aromatic heterocycles. The van der Waals surface area contributed by atoms with Crippen LogP contribution in [0.3, 0.4) is 0 Å². The van der Waals surface area contributed by atoms with Crippen LogP contribution < -0.4 is 10.1 Å². The summed E-state index contributed by atoms with van der Waals surface area (Å²) >= 11 is 0. The number of amides is 2. The van der Waals surface area contributed by atoms with Crippen LogP contribution in [0, 0.1) is 5.41 Å². The number of hydrogen-bond donors (Lipinski definition) is 1. The Labute approximate surface area is 215 Å². The number of alkyl halides is 3. The van der Waals surface area contributed by atoms with Crippen molar-refractivity contribution in [3.8, 4) is 5.75 Å². The highest BCUT2D eigenvalue weighted by Gasteiger charge is 2.51. The van der Waals surface area contributed by atoms with E-state index in [1.807, 2.05) is 31.2 Å². The van der Waals surface area contributed by atoms with Gasteiger partial charge in [-0.05, 0) is 42.4 Å². The van der Waals surface area contributed by atoms with Crippen LogP contribution in [-0.2, 0) is 14.3 Å². The van der Waals surface area contributed by atoms with Gasteiger partial charge in [-0.25, -0.2) is 0 Å². The predicted molar refractivity (Wildman–Crippen MR) is 132 cm³/mol. The Morgan fingerprint density at radius 2 is 1.76 bits per heavy atom. The van der Waals surface area contributed by atoms with E-state index in [-0.39, 0.29) is 43.0 Å². The SMILES string of the molecule is CO[C@@H](C)COc1ccccc1C1CNC(=O)CC12CCN(C(=O)[C@H](c1ccccc1)C(F)(F)F)CC2. The summed E-state index contributed by atoms with van der Waals surface area (Å²) in [5, 5.41) is 2.95. The molecule has 3 atom stereocenters. The van der Waals surface area contributed by atoms with Gasteiger partial charge in [0.2, 0.25) is 11.8 Å². The highest BCUT2D eigenvalue weighted by molar-refractivity contribution is 5.85. The van der Waals surface area contributed by atoms with Crippen molar-refractivity contribution in [3.05, 3.63) is 65.7 Å². The van der Waals surface area contributed by atoms with Crippen LogP contribution in [0.4, 0.5) is 13.2 Å². The number of nitrogens with zero attached hydrogens (tertiary/aromatic N) is 1. The maximum atomic E-state index is 14.0. The Kier molecular flexibility index (Phi) is 8.11. The molecule has 0 radical (unpaired) electrons. The van der Waals surface area contributed by atoms with E-state index in [1.54, 1.807) is 13.2 Å². The number of methoxy groups -OCH3 is 1. The molecule has 2 fully saturated rings. The van der Waals surface area contributed by atoms with Crippen LogP contribution in [0.15, 0.2) is 54.6 Å². The number of nitrogens with one attached hydrogen (secondary N) is 1. The van der Waals surface area contributed by atoms with Crippen molar-refractivity contribution < 1.29 is 32.2 Å². The van der Waals surface area contributed by atoms with E-state index in [1.165, 1.54) is 29.2 Å². The molecule has 1 spiro atoms. The second kappa shape index (κ2) is 11.1. The lowest BCUT2D eigenvalue weighted by molar-refractivity contribution is -0.173. The molecule has 1 unspecified atom stereocenters. The molecule has 9 heteroatoms. The summed E-state index contributed by atoms with van der Waals surface area (Å²) in [5.74, 6) is -2.62. The molecule has 200 valence electrons. The van der Waals surface area contributed by atoms with Crippen LogP contribution >= 0.6 is 0 Å². The largest absolute Gasteiger partial charge is 0.491 e. The highest BCUT2D eigenvalue weighted by Crippen LogP contribution is 2.51. The first-order chi connectivity index (χ1) is 17.6. The van der Waals surface area contributed by atoms with Gasteiger partial charge in [-0.15, -0.1) is 0 Å². The zero-order chi connectivity index (χ0) is 26.6. The van der Waals surface area contributed by atoms with Crippen LogP contribution in [0.25, 0.3) is 0 Å². The highest BCUT2D eigenvalue weighted by atomic mass is 19.4. The third-order valence-corrected chi connectivity index (χ3v) is 7.70. The minimum atomic E-state index is -4.70. The van der Waals surface area contributed by atoms with E-state index in [4.69, 9.17) is 9.47 Å². The number of ether oxygens (including phenoxy) is 2. The van der Waals surface area contributed by atoms with Gasteiger partial charge in [0.25, 0.3) is 0 Å². The molecule has 0 aliphatic carbocycles. The first kappa shape index (κ1) is 27.0. The van der Waals surface area contributed by atoms with E-state index in [9.17, 15) is 22.8 Å². The van der Waals surface area contributed by atoms with Crippen molar-refractivity contribution in [1.29, 1.82) is 0 Å². The summed E-state index contributed by atoms with van der Waals surface area (Å²) < 4.78 is 53.3. The van der Waals surface area contributed by atoms with Crippen LogP contribution in [-0.4, -0.2) is 62.3 Å². The van der Waals surface area contributed by atoms with Crippen molar-refractivity contribution in [2.75, 3.05) is 33.4 Å². The van der Waals surface area contributed by atoms with E-state index in [0.29, 0.717) is 31.7 Å². The maximum absolute atomic E-state index is 14.0. The first-order valence-corrected chi connectivity index (χ1v) is 12.6. The average molecular weight is 519 g/mol. The molecule has 2 aliphatic heterocycles. The number of benzene rings is 2. The van der Waals surface area contributed by atoms with E-state index >= 15 is 0 Å². The normalized spacial score (nSPS) is 21.3. The van der Waals surface area contributed by atoms with E-state index in [0.717, 1.165) is 5.56 Å². The molecule has 2 heterocycles. The molecular formula is C28H33F3N2O4. The molecule has 2 saturated heterocycles. The van der Waals surface area contributed by atoms with Gasteiger partial charge in [-0.3, -0.25) is 9.59 Å². The van der Waals surface area contributed by atoms with Gasteiger partial charge < -0.3 is 19.7 Å². The zero-order valence-electron chi connectivity index (χ0n) is 21.1. The monoisotopic (exact) mass is 518 g/mol. The lowest BCUT2D eigenvalue weighted by atomic mass is 9.62. The zero-order valence-corrected chi connectivity index (χ0v) is 21.1. The van der Waals surface area contributed by atoms with Crippen molar-refractivity contribution in [3.63, 3.8) is 0 Å². The van der Waals surface area contributed by atoms with Crippen LogP contribution in [0.1, 0.15) is 49.1 Å². The van der Waals surface area contributed by atoms with Gasteiger partial charge in [0.1, 0.15) is 12.4 Å². The second-order valence-corrected chi connectivity index (χ2v) is 10.0. The van der Waals surface area contributed by atoms with E-state index in [2.05, 4.69) is 5.32 Å². The molecule has 0 saturated carbocycles. The maximum Gasteiger partial charge on any atom is 0.404 e. The molecule has 6 nitrogen and oxygen atoms in total. The minimum Gasteiger partial charge on any atom is -0.491 e. The topological polar surface area (TPSA) is 67.9 Å². The number of para-hydroxylation sites is 1. The van der Waals surface area contributed by atoms with E-state index < -0.39 is 23.4 Å². The minimum absolute atomic E-state index is 0.0634. The number of carbonyl (C=O) groups excluding carboxylic acids is 2. The number of carbonyl (C=O) groups is 2. The Balaban J connectivity index is 1.56. The molecule has 1 N–H and O–H groups in total. The number of likely N-dealkylation sites (tertiary alicyclic amines) is 1. The number of rotatable bonds is 7. The summed E-state index contributed by atoms with van der Waals surface area (Å²) in [5.41, 5.74) is 0.404. The predicted octanol–water partition coefficient (Wildman–Crippen LogP) is 4.66. The summed E-state index contributed by atoms with van der Waals surface area (Å²) in [6, 6.07) is 15.0. The first-order valence-electron chi connectivity index (χ1n) is 12.6. The summed E-state index contributed by atoms with van der Waals surface area (Å²) in [6.07, 6.45) is -3.69. The third kappa shape index (κ3) is 5.92. The summed E-state index contributed by atoms with van der Waals surface area (Å²) in [4.78, 5) is 27.0. The number of hydrogen-bond acceptors (Lipinski definition) is 4. The Bertz CT molecular complexity index is 1080. The van der Waals surface area contributed by atoms with Gasteiger partial charge in [0.15, 0.2) is 5.92 Å². The molecule has 2 amide bonds. The molecule has 37 heavy (non-hydrogen) atoms. The summed E-state index contributed by atoms with van der Waals surface area (Å²) in [6.45, 7) is 2.99. The second-order valence-electron chi connectivity index (χ2n) is 10.0. The average Bonchev–Trinajstić information content (AvgIpc) is 2.88. The van der Waals surface area contributed by atoms with Crippen LogP contribution in [0.2, 0.25) is 0 Å². The Morgan fingerprint density at radius 3 is 2.41 bits per heavy atom. The third-order valence-electron chi connectivity index (χ3n) is 7.70. The van der Waals surface area contributed by atoms with Crippen LogP contribution in [0.5, 0.6) is 5.75 Å². The van der Waals surface area contributed by atoms with Crippen molar-refractivity contribution in [1.82, 2.24) is 10.2 Å². The fourth-order valence-corrected chi connectivity index (χ4v) is 5.55. The Hall–Kier alpha value is -3.07. The molecule has 0 bridgehead atoms. The lowest BCUT2D eigenvalue weighted by Gasteiger charge is -2.49. The van der Waals surface area contributed by atoms with Gasteiger partial charge in [-0.2, -0.15) is 13.2 Å². The van der Waals surface area contributed by atoms with Crippen molar-refractivity contribution >= 4 is 11.8 Å². The smallest absolute Gasteiger partial charge is 0.404 e. The molecule has 4 rings (SSSR count). The molecule has 2 aromatic carbocycles. The van der Waals surface area contributed by atoms with Crippen molar-refractivity contribution in [2.24, 2.45) is 5.41 Å². The number of piperidine rings is 2. The van der Waals surface area contributed by atoms with Gasteiger partial charge in [0.05, 0.1) is 6.10 Å². The Morgan fingerprint density at radius 1 is 1.11 bits per heavy atom.